The molecule has 10 heavy (non-hydrogen) atoms. The molecular formula is C7H11NO2. The molecule has 1 aromatic rings. The van der Waals surface area contributed by atoms with Crippen LogP contribution >= 0.6 is 0 Å². The first-order chi connectivity index (χ1) is 5.00. The lowest BCUT2D eigenvalue weighted by atomic mass is 10.4. The number of aromatic nitrogens is 1. The maximum absolute atomic E-state index is 4.94. The largest absolute Gasteiger partial charge is 0.381 e. The highest BCUT2D eigenvalue weighted by molar-refractivity contribution is 4.67. The van der Waals surface area contributed by atoms with Crippen LogP contribution in [-0.2, 0) is 4.74 Å². The molecule has 0 aliphatic carbocycles. The Bertz CT molecular complexity index is 110. The van der Waals surface area contributed by atoms with Gasteiger partial charge in [-0.05, 0) is 18.9 Å². The first-order valence-electron chi connectivity index (χ1n) is 3.42. The van der Waals surface area contributed by atoms with E-state index < -0.39 is 0 Å². The van der Waals surface area contributed by atoms with Crippen LogP contribution in [0.4, 0.5) is 0 Å². The van der Waals surface area contributed by atoms with E-state index in [0.717, 1.165) is 13.2 Å². The molecular weight excluding hydrogens is 130 g/mol. The van der Waals surface area contributed by atoms with Gasteiger partial charge in [-0.15, -0.1) is 0 Å². The second-order valence-electron chi connectivity index (χ2n) is 2.01. The van der Waals surface area contributed by atoms with Crippen molar-refractivity contribution in [1.82, 2.24) is 5.16 Å². The Labute approximate surface area is 60.0 Å². The molecule has 1 aliphatic heterocycles. The Balaban J connectivity index is 0.0000001000. The van der Waals surface area contributed by atoms with Crippen LogP contribution in [0.15, 0.2) is 23.0 Å². The minimum atomic E-state index is 1.00. The van der Waals surface area contributed by atoms with Gasteiger partial charge in [0.1, 0.15) is 6.26 Å². The van der Waals surface area contributed by atoms with Crippen LogP contribution in [0, 0.1) is 0 Å². The van der Waals surface area contributed by atoms with Gasteiger partial charge < -0.3 is 9.26 Å². The third-order valence-electron chi connectivity index (χ3n) is 1.17. The van der Waals surface area contributed by atoms with Crippen LogP contribution in [0.25, 0.3) is 0 Å². The highest BCUT2D eigenvalue weighted by Crippen LogP contribution is 1.98. The van der Waals surface area contributed by atoms with Crippen molar-refractivity contribution >= 4 is 0 Å². The van der Waals surface area contributed by atoms with E-state index in [-0.39, 0.29) is 0 Å². The fourth-order valence-corrected chi connectivity index (χ4v) is 0.686. The number of nitrogens with zero attached hydrogens (tertiary/aromatic N) is 1. The zero-order chi connectivity index (χ0) is 7.07. The molecule has 0 saturated carbocycles. The van der Waals surface area contributed by atoms with Crippen LogP contribution in [0.1, 0.15) is 12.8 Å². The summed E-state index contributed by atoms with van der Waals surface area (Å²) in [5.41, 5.74) is 0. The van der Waals surface area contributed by atoms with Crippen molar-refractivity contribution in [3.8, 4) is 0 Å². The molecule has 2 rings (SSSR count). The summed E-state index contributed by atoms with van der Waals surface area (Å²) in [4.78, 5) is 0. The van der Waals surface area contributed by atoms with Crippen LogP contribution in [0.2, 0.25) is 0 Å². The molecule has 0 amide bonds. The Morgan fingerprint density at radius 2 is 2.00 bits per heavy atom. The minimum Gasteiger partial charge on any atom is -0.381 e. The predicted molar refractivity (Wildman–Crippen MR) is 36.6 cm³/mol. The SMILES string of the molecule is C1CCOC1.c1cnoc1. The molecule has 2 heterocycles. The topological polar surface area (TPSA) is 35.3 Å². The average molecular weight is 141 g/mol. The summed E-state index contributed by atoms with van der Waals surface area (Å²) in [5, 5.41) is 3.35. The average Bonchev–Trinajstić information content (AvgIpc) is 2.67. The second kappa shape index (κ2) is 4.99. The number of rotatable bonds is 0. The van der Waals surface area contributed by atoms with Gasteiger partial charge >= 0.3 is 0 Å². The lowest BCUT2D eigenvalue weighted by Gasteiger charge is -1.76. The van der Waals surface area contributed by atoms with Gasteiger partial charge in [-0.3, -0.25) is 0 Å². The third-order valence-corrected chi connectivity index (χ3v) is 1.17. The van der Waals surface area contributed by atoms with Crippen LogP contribution in [0.3, 0.4) is 0 Å². The molecule has 3 heteroatoms. The molecule has 0 atom stereocenters. The fourth-order valence-electron chi connectivity index (χ4n) is 0.686. The summed E-state index contributed by atoms with van der Waals surface area (Å²) in [6, 6.07) is 1.72. The zero-order valence-corrected chi connectivity index (χ0v) is 5.82. The van der Waals surface area contributed by atoms with Gasteiger partial charge in [-0.2, -0.15) is 0 Å². The molecule has 1 aromatic heterocycles. The quantitative estimate of drug-likeness (QED) is 0.548. The molecule has 0 spiro atoms. The zero-order valence-electron chi connectivity index (χ0n) is 5.82. The monoisotopic (exact) mass is 141 g/mol. The van der Waals surface area contributed by atoms with Crippen LogP contribution < -0.4 is 0 Å². The van der Waals surface area contributed by atoms with Crippen molar-refractivity contribution in [3.05, 3.63) is 18.5 Å². The summed E-state index contributed by atoms with van der Waals surface area (Å²) < 4.78 is 9.28. The number of hydrogen-bond donors (Lipinski definition) is 0. The van der Waals surface area contributed by atoms with Gasteiger partial charge in [0.15, 0.2) is 0 Å². The van der Waals surface area contributed by atoms with Crippen molar-refractivity contribution in [2.75, 3.05) is 13.2 Å². The van der Waals surface area contributed by atoms with E-state index >= 15 is 0 Å². The number of ether oxygens (including phenoxy) is 1. The Morgan fingerprint density at radius 1 is 1.20 bits per heavy atom. The first-order valence-corrected chi connectivity index (χ1v) is 3.42. The standard InChI is InChI=1S/C4H8O.C3H3NO/c2*1-2-4-5-3-1/h1-4H2;1-3H. The molecule has 0 radical (unpaired) electrons. The first kappa shape index (κ1) is 7.28. The highest BCUT2D eigenvalue weighted by atomic mass is 16.5. The van der Waals surface area contributed by atoms with Crippen molar-refractivity contribution in [2.24, 2.45) is 0 Å². The molecule has 0 bridgehead atoms. The van der Waals surface area contributed by atoms with E-state index in [2.05, 4.69) is 9.68 Å². The minimum absolute atomic E-state index is 1.00. The van der Waals surface area contributed by atoms with Crippen molar-refractivity contribution < 1.29 is 9.26 Å². The molecule has 0 unspecified atom stereocenters. The normalized spacial score (nSPS) is 16.0. The predicted octanol–water partition coefficient (Wildman–Crippen LogP) is 1.47. The molecule has 3 nitrogen and oxygen atoms in total. The van der Waals surface area contributed by atoms with Gasteiger partial charge in [-0.1, -0.05) is 5.16 Å². The van der Waals surface area contributed by atoms with Crippen LogP contribution in [0.5, 0.6) is 0 Å². The van der Waals surface area contributed by atoms with Crippen molar-refractivity contribution in [1.29, 1.82) is 0 Å². The van der Waals surface area contributed by atoms with E-state index in [1.807, 2.05) is 0 Å². The lowest BCUT2D eigenvalue weighted by Crippen LogP contribution is -1.74. The molecule has 0 aromatic carbocycles. The van der Waals surface area contributed by atoms with Crippen molar-refractivity contribution in [2.45, 2.75) is 12.8 Å². The summed E-state index contributed by atoms with van der Waals surface area (Å²) in [5.74, 6) is 0. The summed E-state index contributed by atoms with van der Waals surface area (Å²) in [6.07, 6.45) is 5.65. The van der Waals surface area contributed by atoms with Gasteiger partial charge in [0.05, 0.1) is 6.20 Å². The summed E-state index contributed by atoms with van der Waals surface area (Å²) in [7, 11) is 0. The van der Waals surface area contributed by atoms with Gasteiger partial charge in [-0.25, -0.2) is 0 Å². The maximum Gasteiger partial charge on any atom is 0.123 e. The van der Waals surface area contributed by atoms with E-state index in [1.165, 1.54) is 19.1 Å². The van der Waals surface area contributed by atoms with Gasteiger partial charge in [0, 0.05) is 13.2 Å². The van der Waals surface area contributed by atoms with E-state index in [0.29, 0.717) is 0 Å². The maximum atomic E-state index is 4.94. The van der Waals surface area contributed by atoms with Crippen molar-refractivity contribution in [3.63, 3.8) is 0 Å². The fraction of sp³-hybridized carbons (Fsp3) is 0.571. The van der Waals surface area contributed by atoms with Gasteiger partial charge in [0.2, 0.25) is 0 Å². The molecule has 1 saturated heterocycles. The lowest BCUT2D eigenvalue weighted by molar-refractivity contribution is 0.198. The summed E-state index contributed by atoms with van der Waals surface area (Å²) >= 11 is 0. The molecule has 1 fully saturated rings. The van der Waals surface area contributed by atoms with E-state index in [1.54, 1.807) is 12.3 Å². The smallest absolute Gasteiger partial charge is 0.123 e. The molecule has 0 N–H and O–H groups in total. The highest BCUT2D eigenvalue weighted by Gasteiger charge is 1.94. The Hall–Kier alpha value is -0.830. The Kier molecular flexibility index (Phi) is 3.64. The molecule has 1 aliphatic rings. The number of hydrogen-bond acceptors (Lipinski definition) is 3. The molecule has 56 valence electrons. The summed E-state index contributed by atoms with van der Waals surface area (Å²) in [6.45, 7) is 2.00. The van der Waals surface area contributed by atoms with Gasteiger partial charge in [0.25, 0.3) is 0 Å². The Morgan fingerprint density at radius 3 is 2.20 bits per heavy atom. The second-order valence-corrected chi connectivity index (χ2v) is 2.01. The van der Waals surface area contributed by atoms with E-state index in [9.17, 15) is 0 Å². The third kappa shape index (κ3) is 3.25. The van der Waals surface area contributed by atoms with Crippen LogP contribution in [-0.4, -0.2) is 18.4 Å². The van der Waals surface area contributed by atoms with E-state index in [4.69, 9.17) is 4.74 Å².